The summed E-state index contributed by atoms with van der Waals surface area (Å²) in [7, 11) is 1.24. The maximum absolute atomic E-state index is 12.2. The number of amides is 3. The van der Waals surface area contributed by atoms with Crippen molar-refractivity contribution < 1.29 is 14.7 Å². The van der Waals surface area contributed by atoms with E-state index < -0.39 is 17.7 Å². The third kappa shape index (κ3) is 2.51. The Labute approximate surface area is 135 Å². The van der Waals surface area contributed by atoms with E-state index in [1.807, 2.05) is 0 Å². The van der Waals surface area contributed by atoms with Crippen LogP contribution in [-0.4, -0.2) is 34.1 Å². The van der Waals surface area contributed by atoms with Crippen LogP contribution in [0.5, 0.6) is 0 Å². The fourth-order valence-electron chi connectivity index (χ4n) is 1.94. The van der Waals surface area contributed by atoms with Crippen molar-refractivity contribution >= 4 is 58.2 Å². The number of hydrogen-bond acceptors (Lipinski definition) is 4. The van der Waals surface area contributed by atoms with Crippen LogP contribution in [0, 0.1) is 0 Å². The summed E-state index contributed by atoms with van der Waals surface area (Å²) in [5.74, 6) is -0.980. The fraction of sp³-hybridized carbons (Fsp3) is 0.182. The second-order valence-corrected chi connectivity index (χ2v) is 5.55. The number of hydrogen-bond donors (Lipinski definition) is 4. The minimum atomic E-state index is -2.32. The number of halogens is 2. The zero-order chi connectivity index (χ0) is 15.9. The Morgan fingerprint density at radius 2 is 2.05 bits per heavy atom. The molecular weight excluding hydrogens is 339 g/mol. The number of carbonyl (C=O) groups is 2. The average molecular weight is 349 g/mol. The lowest BCUT2D eigenvalue weighted by molar-refractivity contribution is -0.155. The third-order valence-electron chi connectivity index (χ3n) is 3.02. The summed E-state index contributed by atoms with van der Waals surface area (Å²) in [5.41, 5.74) is 3.12. The number of carbonyl (C=O) groups excluding carboxylic acids is 2. The zero-order valence-corrected chi connectivity index (χ0v) is 12.9. The molecule has 5 N–H and O–H groups in total. The molecule has 0 saturated carbocycles. The summed E-state index contributed by atoms with van der Waals surface area (Å²) in [4.78, 5) is 24.9. The van der Waals surface area contributed by atoms with Gasteiger partial charge in [0.2, 0.25) is 0 Å². The Balaban J connectivity index is 2.65. The summed E-state index contributed by atoms with van der Waals surface area (Å²) >= 11 is 16.4. The van der Waals surface area contributed by atoms with E-state index in [9.17, 15) is 14.7 Å². The molecule has 0 saturated heterocycles. The van der Waals surface area contributed by atoms with Crippen molar-refractivity contribution in [3.8, 4) is 0 Å². The van der Waals surface area contributed by atoms with Crippen LogP contribution in [0.15, 0.2) is 12.1 Å². The Morgan fingerprint density at radius 3 is 2.62 bits per heavy atom. The predicted molar refractivity (Wildman–Crippen MR) is 82.1 cm³/mol. The molecule has 1 heterocycles. The molecule has 0 radical (unpaired) electrons. The maximum Gasteiger partial charge on any atom is 0.324 e. The second kappa shape index (κ2) is 5.30. The highest BCUT2D eigenvalue weighted by Gasteiger charge is 2.49. The van der Waals surface area contributed by atoms with Crippen LogP contribution in [-0.2, 0) is 10.5 Å². The molecule has 0 aromatic heterocycles. The van der Waals surface area contributed by atoms with Gasteiger partial charge in [0.05, 0.1) is 15.7 Å². The van der Waals surface area contributed by atoms with Crippen LogP contribution < -0.4 is 16.4 Å². The minimum absolute atomic E-state index is 0.0488. The second-order valence-electron chi connectivity index (χ2n) is 4.29. The zero-order valence-electron chi connectivity index (χ0n) is 10.6. The summed E-state index contributed by atoms with van der Waals surface area (Å²) in [6.07, 6.45) is 0. The molecule has 0 bridgehead atoms. The van der Waals surface area contributed by atoms with Gasteiger partial charge in [-0.25, -0.2) is 4.79 Å². The molecule has 112 valence electrons. The Kier molecular flexibility index (Phi) is 3.98. The summed E-state index contributed by atoms with van der Waals surface area (Å²) in [5, 5.41) is 15.3. The largest absolute Gasteiger partial charge is 0.376 e. The number of thiocarbonyl (C=S) groups is 1. The van der Waals surface area contributed by atoms with Crippen LogP contribution >= 0.6 is 35.4 Å². The summed E-state index contributed by atoms with van der Waals surface area (Å²) in [6.45, 7) is 0. The summed E-state index contributed by atoms with van der Waals surface area (Å²) < 4.78 is 0. The van der Waals surface area contributed by atoms with Crippen molar-refractivity contribution in [2.75, 3.05) is 12.4 Å². The van der Waals surface area contributed by atoms with Crippen molar-refractivity contribution in [2.24, 2.45) is 5.73 Å². The van der Waals surface area contributed by atoms with Gasteiger partial charge in [-0.3, -0.25) is 15.0 Å². The molecule has 1 atom stereocenters. The van der Waals surface area contributed by atoms with E-state index in [4.69, 9.17) is 28.9 Å². The lowest BCUT2D eigenvalue weighted by Crippen LogP contribution is -2.61. The number of nitrogens with zero attached hydrogens (tertiary/aromatic N) is 1. The number of urea groups is 1. The molecule has 7 nitrogen and oxygen atoms in total. The number of benzene rings is 1. The van der Waals surface area contributed by atoms with E-state index in [-0.39, 0.29) is 26.4 Å². The van der Waals surface area contributed by atoms with Gasteiger partial charge < -0.3 is 16.2 Å². The smallest absolute Gasteiger partial charge is 0.324 e. The Hall–Kier alpha value is -1.61. The molecule has 21 heavy (non-hydrogen) atoms. The molecule has 1 aromatic carbocycles. The van der Waals surface area contributed by atoms with Crippen molar-refractivity contribution in [2.45, 2.75) is 5.72 Å². The first kappa shape index (κ1) is 15.8. The highest BCUT2D eigenvalue weighted by atomic mass is 35.5. The monoisotopic (exact) mass is 348 g/mol. The van der Waals surface area contributed by atoms with Gasteiger partial charge >= 0.3 is 6.03 Å². The summed E-state index contributed by atoms with van der Waals surface area (Å²) in [6, 6.07) is 1.92. The van der Waals surface area contributed by atoms with E-state index in [1.54, 1.807) is 0 Å². The molecule has 2 rings (SSSR count). The number of anilines is 1. The lowest BCUT2D eigenvalue weighted by atomic mass is 9.96. The van der Waals surface area contributed by atoms with E-state index in [0.29, 0.717) is 0 Å². The van der Waals surface area contributed by atoms with E-state index in [2.05, 4.69) is 22.9 Å². The fourth-order valence-corrected chi connectivity index (χ4v) is 2.36. The standard InChI is InChI=1S/C11H10Cl2N4O3S/c1-17-10(19)15-7-3-6(13)5(12)2-4(7)11(17,20)8(18)16-9(14)21/h2-3,20H,1H3,(H,15,19)(H3,14,16,18,21). The van der Waals surface area contributed by atoms with Gasteiger partial charge in [-0.1, -0.05) is 23.2 Å². The number of nitrogens with one attached hydrogen (secondary N) is 2. The predicted octanol–water partition coefficient (Wildman–Crippen LogP) is 0.976. The van der Waals surface area contributed by atoms with Gasteiger partial charge in [-0.2, -0.15) is 0 Å². The quantitative estimate of drug-likeness (QED) is 0.565. The van der Waals surface area contributed by atoms with E-state index >= 15 is 0 Å². The molecule has 1 unspecified atom stereocenters. The van der Waals surface area contributed by atoms with Gasteiger partial charge in [0.1, 0.15) is 0 Å². The van der Waals surface area contributed by atoms with Crippen molar-refractivity contribution in [3.63, 3.8) is 0 Å². The van der Waals surface area contributed by atoms with Crippen LogP contribution in [0.25, 0.3) is 0 Å². The molecule has 1 aliphatic heterocycles. The van der Waals surface area contributed by atoms with E-state index in [0.717, 1.165) is 4.90 Å². The highest BCUT2D eigenvalue weighted by Crippen LogP contribution is 2.40. The molecule has 0 fully saturated rings. The normalized spacial score (nSPS) is 20.6. The molecular formula is C11H10Cl2N4O3S. The third-order valence-corrected chi connectivity index (χ3v) is 3.85. The van der Waals surface area contributed by atoms with Crippen molar-refractivity contribution in [1.29, 1.82) is 0 Å². The van der Waals surface area contributed by atoms with Crippen LogP contribution in [0.4, 0.5) is 10.5 Å². The lowest BCUT2D eigenvalue weighted by Gasteiger charge is -2.40. The van der Waals surface area contributed by atoms with Gasteiger partial charge in [-0.05, 0) is 24.4 Å². The Morgan fingerprint density at radius 1 is 1.48 bits per heavy atom. The van der Waals surface area contributed by atoms with Gasteiger partial charge in [0.25, 0.3) is 11.6 Å². The highest BCUT2D eigenvalue weighted by molar-refractivity contribution is 7.80. The molecule has 3 amide bonds. The molecule has 0 aliphatic carbocycles. The van der Waals surface area contributed by atoms with Crippen LogP contribution in [0.1, 0.15) is 5.56 Å². The van der Waals surface area contributed by atoms with Crippen molar-refractivity contribution in [1.82, 2.24) is 10.2 Å². The maximum atomic E-state index is 12.2. The SMILES string of the molecule is CN1C(=O)Nc2cc(Cl)c(Cl)cc2C1(O)C(=O)NC(N)=S. The van der Waals surface area contributed by atoms with Gasteiger partial charge in [-0.15, -0.1) is 0 Å². The van der Waals surface area contributed by atoms with E-state index in [1.165, 1.54) is 19.2 Å². The number of rotatable bonds is 1. The van der Waals surface area contributed by atoms with Crippen molar-refractivity contribution in [3.05, 3.63) is 27.7 Å². The van der Waals surface area contributed by atoms with Crippen LogP contribution in [0.3, 0.4) is 0 Å². The van der Waals surface area contributed by atoms with Crippen LogP contribution in [0.2, 0.25) is 10.0 Å². The topological polar surface area (TPSA) is 108 Å². The number of aliphatic hydroxyl groups is 1. The first-order chi connectivity index (χ1) is 9.67. The molecule has 10 heteroatoms. The number of likely N-dealkylation sites (N-methyl/N-ethyl adjacent to an activating group) is 1. The number of nitrogens with two attached hydrogens (primary N) is 1. The molecule has 0 spiro atoms. The first-order valence-corrected chi connectivity index (χ1v) is 6.72. The number of fused-ring (bicyclic) bond motifs is 1. The van der Waals surface area contributed by atoms with Gasteiger partial charge in [0.15, 0.2) is 5.11 Å². The van der Waals surface area contributed by atoms with Gasteiger partial charge in [0, 0.05) is 12.6 Å². The molecule has 1 aromatic rings. The average Bonchev–Trinajstić information content (AvgIpc) is 2.38. The Bertz CT molecular complexity index is 669. The minimum Gasteiger partial charge on any atom is -0.376 e. The molecule has 1 aliphatic rings. The first-order valence-electron chi connectivity index (χ1n) is 5.55.